The van der Waals surface area contributed by atoms with Crippen LogP contribution in [0.2, 0.25) is 0 Å². The number of aryl methyl sites for hydroxylation is 1. The number of hydrogen-bond acceptors (Lipinski definition) is 4. The second-order valence-electron chi connectivity index (χ2n) is 4.45. The maximum Gasteiger partial charge on any atom is 0.253 e. The van der Waals surface area contributed by atoms with Gasteiger partial charge in [-0.1, -0.05) is 24.3 Å². The summed E-state index contributed by atoms with van der Waals surface area (Å²) in [5.74, 6) is 0.580. The Bertz CT molecular complexity index is 732. The van der Waals surface area contributed by atoms with Crippen LogP contribution in [0.5, 0.6) is 0 Å². The Hall–Kier alpha value is -2.76. The van der Waals surface area contributed by atoms with E-state index in [0.29, 0.717) is 12.2 Å². The van der Waals surface area contributed by atoms with E-state index in [1.165, 1.54) is 4.52 Å². The maximum absolute atomic E-state index is 12.0. The van der Waals surface area contributed by atoms with Gasteiger partial charge in [-0.2, -0.15) is 4.98 Å². The van der Waals surface area contributed by atoms with Crippen LogP contribution in [-0.4, -0.2) is 25.5 Å². The number of fused-ring (bicyclic) bond motifs is 1. The second kappa shape index (κ2) is 5.08. The lowest BCUT2D eigenvalue weighted by Crippen LogP contribution is -2.16. The summed E-state index contributed by atoms with van der Waals surface area (Å²) < 4.78 is 1.52. The van der Waals surface area contributed by atoms with Crippen molar-refractivity contribution in [2.24, 2.45) is 0 Å². The summed E-state index contributed by atoms with van der Waals surface area (Å²) in [6.45, 7) is 1.98. The van der Waals surface area contributed by atoms with Gasteiger partial charge in [-0.15, -0.1) is 5.10 Å². The van der Waals surface area contributed by atoms with Gasteiger partial charge in [0.2, 0.25) is 5.91 Å². The summed E-state index contributed by atoms with van der Waals surface area (Å²) in [6, 6.07) is 9.54. The van der Waals surface area contributed by atoms with E-state index in [-0.39, 0.29) is 11.9 Å². The summed E-state index contributed by atoms with van der Waals surface area (Å²) in [5, 5.41) is 6.81. The van der Waals surface area contributed by atoms with Crippen LogP contribution in [0.3, 0.4) is 0 Å². The van der Waals surface area contributed by atoms with Crippen LogP contribution >= 0.6 is 0 Å². The summed E-state index contributed by atoms with van der Waals surface area (Å²) in [6.07, 6.45) is 3.66. The lowest BCUT2D eigenvalue weighted by atomic mass is 10.1. The number of amides is 1. The van der Waals surface area contributed by atoms with Crippen molar-refractivity contribution < 1.29 is 4.79 Å². The van der Waals surface area contributed by atoms with Gasteiger partial charge in [-0.3, -0.25) is 10.1 Å². The van der Waals surface area contributed by atoms with Crippen LogP contribution in [0, 0.1) is 6.92 Å². The minimum absolute atomic E-state index is 0.143. The molecule has 2 aromatic heterocycles. The number of anilines is 1. The Morgan fingerprint density at radius 2 is 2.15 bits per heavy atom. The average Bonchev–Trinajstić information content (AvgIpc) is 2.83. The van der Waals surface area contributed by atoms with Gasteiger partial charge in [0.05, 0.1) is 6.42 Å². The monoisotopic (exact) mass is 267 g/mol. The van der Waals surface area contributed by atoms with Crippen molar-refractivity contribution in [3.8, 4) is 0 Å². The van der Waals surface area contributed by atoms with Gasteiger partial charge < -0.3 is 0 Å². The molecule has 2 heterocycles. The number of aromatic nitrogens is 4. The third-order valence-electron chi connectivity index (χ3n) is 2.98. The molecule has 0 aliphatic rings. The minimum Gasteiger partial charge on any atom is -0.293 e. The molecule has 0 saturated heterocycles. The first-order chi connectivity index (χ1) is 9.72. The molecule has 100 valence electrons. The zero-order valence-corrected chi connectivity index (χ0v) is 10.9. The Kier molecular flexibility index (Phi) is 3.12. The minimum atomic E-state index is -0.143. The number of carbonyl (C=O) groups excluding carboxylic acids is 1. The van der Waals surface area contributed by atoms with Gasteiger partial charge in [-0.05, 0) is 24.1 Å². The highest BCUT2D eigenvalue weighted by atomic mass is 16.1. The van der Waals surface area contributed by atoms with E-state index in [4.69, 9.17) is 0 Å². The maximum atomic E-state index is 12.0. The molecule has 0 aliphatic heterocycles. The fourth-order valence-electron chi connectivity index (χ4n) is 1.94. The molecule has 1 aromatic carbocycles. The normalized spacial score (nSPS) is 10.7. The summed E-state index contributed by atoms with van der Waals surface area (Å²) in [7, 11) is 0. The molecule has 0 aliphatic carbocycles. The van der Waals surface area contributed by atoms with Crippen molar-refractivity contribution in [1.82, 2.24) is 19.6 Å². The molecule has 3 rings (SSSR count). The first kappa shape index (κ1) is 12.3. The molecule has 0 spiro atoms. The number of nitrogens with zero attached hydrogens (tertiary/aromatic N) is 4. The molecule has 6 heteroatoms. The lowest BCUT2D eigenvalue weighted by molar-refractivity contribution is -0.115. The highest BCUT2D eigenvalue weighted by molar-refractivity contribution is 5.90. The summed E-state index contributed by atoms with van der Waals surface area (Å²) >= 11 is 0. The number of benzene rings is 1. The molecular weight excluding hydrogens is 254 g/mol. The number of hydrogen-bond donors (Lipinski definition) is 1. The molecule has 20 heavy (non-hydrogen) atoms. The predicted octanol–water partition coefficient (Wildman–Crippen LogP) is 1.61. The molecule has 0 saturated carbocycles. The van der Waals surface area contributed by atoms with Gasteiger partial charge in [0, 0.05) is 12.4 Å². The Balaban J connectivity index is 1.74. The van der Waals surface area contributed by atoms with Crippen LogP contribution < -0.4 is 5.32 Å². The summed E-state index contributed by atoms with van der Waals surface area (Å²) in [4.78, 5) is 20.2. The molecule has 0 radical (unpaired) electrons. The van der Waals surface area contributed by atoms with E-state index in [1.54, 1.807) is 18.5 Å². The van der Waals surface area contributed by atoms with E-state index in [2.05, 4.69) is 20.4 Å². The van der Waals surface area contributed by atoms with Crippen molar-refractivity contribution in [2.75, 3.05) is 5.32 Å². The van der Waals surface area contributed by atoms with Gasteiger partial charge in [0.25, 0.3) is 11.7 Å². The Morgan fingerprint density at radius 3 is 2.95 bits per heavy atom. The van der Waals surface area contributed by atoms with Crippen molar-refractivity contribution >= 4 is 17.6 Å². The van der Waals surface area contributed by atoms with Crippen molar-refractivity contribution in [3.05, 3.63) is 53.9 Å². The smallest absolute Gasteiger partial charge is 0.253 e. The van der Waals surface area contributed by atoms with Gasteiger partial charge >= 0.3 is 0 Å². The zero-order valence-electron chi connectivity index (χ0n) is 10.9. The molecular formula is C14H13N5O. The number of nitrogens with one attached hydrogen (secondary N) is 1. The van der Waals surface area contributed by atoms with Crippen LogP contribution in [-0.2, 0) is 11.2 Å². The van der Waals surface area contributed by atoms with Gasteiger partial charge in [0.1, 0.15) is 0 Å². The first-order valence-corrected chi connectivity index (χ1v) is 6.24. The molecule has 0 bridgehead atoms. The fourth-order valence-corrected chi connectivity index (χ4v) is 1.94. The lowest BCUT2D eigenvalue weighted by Gasteiger charge is -2.04. The van der Waals surface area contributed by atoms with Gasteiger partial charge in [-0.25, -0.2) is 9.50 Å². The predicted molar refractivity (Wildman–Crippen MR) is 74.3 cm³/mol. The van der Waals surface area contributed by atoms with E-state index in [9.17, 15) is 4.79 Å². The van der Waals surface area contributed by atoms with Gasteiger partial charge in [0.15, 0.2) is 0 Å². The largest absolute Gasteiger partial charge is 0.293 e. The SMILES string of the molecule is Cc1ccccc1CC(=O)Nc1nc2ncccn2n1. The Morgan fingerprint density at radius 1 is 1.30 bits per heavy atom. The zero-order chi connectivity index (χ0) is 13.9. The molecule has 1 N–H and O–H groups in total. The van der Waals surface area contributed by atoms with Crippen LogP contribution in [0.15, 0.2) is 42.7 Å². The van der Waals surface area contributed by atoms with Crippen molar-refractivity contribution in [3.63, 3.8) is 0 Å². The highest BCUT2D eigenvalue weighted by Gasteiger charge is 2.09. The van der Waals surface area contributed by atoms with E-state index >= 15 is 0 Å². The van der Waals surface area contributed by atoms with Crippen LogP contribution in [0.4, 0.5) is 5.95 Å². The standard InChI is InChI=1S/C14H13N5O/c1-10-5-2-3-6-11(10)9-12(20)16-13-17-14-15-7-4-8-19(14)18-13/h2-8H,9H2,1H3,(H,16,18,20). The van der Waals surface area contributed by atoms with Crippen LogP contribution in [0.1, 0.15) is 11.1 Å². The van der Waals surface area contributed by atoms with Crippen molar-refractivity contribution in [2.45, 2.75) is 13.3 Å². The number of rotatable bonds is 3. The Labute approximate surface area is 115 Å². The summed E-state index contributed by atoms with van der Waals surface area (Å²) in [5.41, 5.74) is 2.08. The topological polar surface area (TPSA) is 72.2 Å². The third-order valence-corrected chi connectivity index (χ3v) is 2.98. The fraction of sp³-hybridized carbons (Fsp3) is 0.143. The molecule has 6 nitrogen and oxygen atoms in total. The van der Waals surface area contributed by atoms with E-state index < -0.39 is 0 Å². The highest BCUT2D eigenvalue weighted by Crippen LogP contribution is 2.09. The molecule has 0 fully saturated rings. The average molecular weight is 267 g/mol. The quantitative estimate of drug-likeness (QED) is 0.782. The van der Waals surface area contributed by atoms with E-state index in [0.717, 1.165) is 11.1 Å². The third kappa shape index (κ3) is 2.49. The molecule has 3 aromatic rings. The second-order valence-corrected chi connectivity index (χ2v) is 4.45. The first-order valence-electron chi connectivity index (χ1n) is 6.24. The van der Waals surface area contributed by atoms with Crippen molar-refractivity contribution in [1.29, 1.82) is 0 Å². The van der Waals surface area contributed by atoms with Crippen LogP contribution in [0.25, 0.3) is 5.78 Å². The number of carbonyl (C=O) groups is 1. The molecule has 0 atom stereocenters. The molecule has 1 amide bonds. The molecule has 0 unspecified atom stereocenters. The van der Waals surface area contributed by atoms with E-state index in [1.807, 2.05) is 31.2 Å².